The number of carbonyl (C=O) groups is 2. The Morgan fingerprint density at radius 2 is 2.12 bits per heavy atom. The molecule has 0 aromatic rings. The highest BCUT2D eigenvalue weighted by molar-refractivity contribution is 5.88. The molecule has 0 bridgehead atoms. The van der Waals surface area contributed by atoms with E-state index in [9.17, 15) is 9.59 Å². The van der Waals surface area contributed by atoms with Gasteiger partial charge in [-0.05, 0) is 13.8 Å². The largest absolute Gasteiger partial charge is 0.466 e. The van der Waals surface area contributed by atoms with Gasteiger partial charge in [0.1, 0.15) is 5.60 Å². The van der Waals surface area contributed by atoms with Gasteiger partial charge in [-0.15, -0.1) is 0 Å². The van der Waals surface area contributed by atoms with Crippen molar-refractivity contribution in [2.24, 2.45) is 0 Å². The monoisotopic (exact) mass is 228 g/mol. The lowest BCUT2D eigenvalue weighted by atomic mass is 9.98. The maximum Gasteiger partial charge on any atom is 0.338 e. The van der Waals surface area contributed by atoms with Crippen molar-refractivity contribution in [1.82, 2.24) is 0 Å². The van der Waals surface area contributed by atoms with E-state index in [4.69, 9.17) is 9.47 Å². The molecule has 0 radical (unpaired) electrons. The van der Waals surface area contributed by atoms with E-state index in [2.05, 4.69) is 11.3 Å². The first kappa shape index (κ1) is 12.7. The fourth-order valence-corrected chi connectivity index (χ4v) is 1.53. The Morgan fingerprint density at radius 1 is 1.50 bits per heavy atom. The highest BCUT2D eigenvalue weighted by Crippen LogP contribution is 2.42. The second-order valence-electron chi connectivity index (χ2n) is 3.83. The van der Waals surface area contributed by atoms with Gasteiger partial charge in [-0.25, -0.2) is 9.59 Å². The first-order valence-corrected chi connectivity index (χ1v) is 5.05. The van der Waals surface area contributed by atoms with Crippen LogP contribution in [0.1, 0.15) is 20.3 Å². The zero-order valence-corrected chi connectivity index (χ0v) is 9.74. The number of rotatable bonds is 5. The normalized spacial score (nSPS) is 27.1. The van der Waals surface area contributed by atoms with Crippen molar-refractivity contribution in [3.8, 4) is 0 Å². The van der Waals surface area contributed by atoms with Crippen LogP contribution in [0.5, 0.6) is 0 Å². The summed E-state index contributed by atoms with van der Waals surface area (Å²) in [4.78, 5) is 22.5. The predicted octanol–water partition coefficient (Wildman–Crippen LogP) is 0.826. The molecule has 1 saturated heterocycles. The van der Waals surface area contributed by atoms with E-state index in [1.165, 1.54) is 7.11 Å². The fourth-order valence-electron chi connectivity index (χ4n) is 1.53. The minimum absolute atomic E-state index is 0.267. The van der Waals surface area contributed by atoms with E-state index in [0.29, 0.717) is 6.61 Å². The van der Waals surface area contributed by atoms with Gasteiger partial charge in [0.15, 0.2) is 6.10 Å². The minimum Gasteiger partial charge on any atom is -0.466 e. The highest BCUT2D eigenvalue weighted by Gasteiger charge is 2.58. The summed E-state index contributed by atoms with van der Waals surface area (Å²) in [6, 6.07) is 0. The summed E-state index contributed by atoms with van der Waals surface area (Å²) in [7, 11) is 1.28. The van der Waals surface area contributed by atoms with Gasteiger partial charge in [0.2, 0.25) is 0 Å². The molecule has 2 atom stereocenters. The molecule has 1 heterocycles. The van der Waals surface area contributed by atoms with Crippen molar-refractivity contribution in [1.29, 1.82) is 0 Å². The molecule has 0 saturated carbocycles. The van der Waals surface area contributed by atoms with Crippen molar-refractivity contribution in [2.45, 2.75) is 32.0 Å². The van der Waals surface area contributed by atoms with Gasteiger partial charge in [-0.2, -0.15) is 0 Å². The van der Waals surface area contributed by atoms with Gasteiger partial charge in [-0.3, -0.25) is 0 Å². The molecule has 16 heavy (non-hydrogen) atoms. The van der Waals surface area contributed by atoms with E-state index in [1.807, 2.05) is 0 Å². The van der Waals surface area contributed by atoms with Crippen LogP contribution in [-0.4, -0.2) is 37.4 Å². The molecule has 0 amide bonds. The Hall–Kier alpha value is -1.36. The highest BCUT2D eigenvalue weighted by atomic mass is 16.7. The third-order valence-corrected chi connectivity index (χ3v) is 2.42. The summed E-state index contributed by atoms with van der Waals surface area (Å²) < 4.78 is 14.6. The molecule has 5 heteroatoms. The van der Waals surface area contributed by atoms with Crippen LogP contribution in [-0.2, 0) is 23.8 Å². The number of epoxide rings is 1. The third kappa shape index (κ3) is 2.61. The van der Waals surface area contributed by atoms with E-state index < -0.39 is 23.6 Å². The molecule has 0 spiro atoms. The Morgan fingerprint density at radius 3 is 2.62 bits per heavy atom. The Bertz CT molecular complexity index is 322. The molecule has 1 aliphatic heterocycles. The Labute approximate surface area is 94.4 Å². The molecule has 0 aromatic carbocycles. The number of ether oxygens (including phenoxy) is 3. The number of carbonyl (C=O) groups excluding carboxylic acids is 2. The zero-order chi connectivity index (χ0) is 12.3. The van der Waals surface area contributed by atoms with Crippen LogP contribution in [0.15, 0.2) is 12.2 Å². The van der Waals surface area contributed by atoms with Gasteiger partial charge < -0.3 is 14.2 Å². The van der Waals surface area contributed by atoms with E-state index in [-0.39, 0.29) is 12.0 Å². The van der Waals surface area contributed by atoms with Crippen LogP contribution in [0, 0.1) is 0 Å². The molecule has 1 fully saturated rings. The molecule has 0 N–H and O–H groups in total. The van der Waals surface area contributed by atoms with Crippen molar-refractivity contribution >= 4 is 11.9 Å². The number of methoxy groups -OCH3 is 1. The molecule has 0 aliphatic carbocycles. The SMILES string of the molecule is C=C(C[C@@]1(C)O[C@@H]1C(=O)OCC)C(=O)OC. The summed E-state index contributed by atoms with van der Waals surface area (Å²) >= 11 is 0. The number of hydrogen-bond acceptors (Lipinski definition) is 5. The summed E-state index contributed by atoms with van der Waals surface area (Å²) in [5.41, 5.74) is -0.394. The van der Waals surface area contributed by atoms with Crippen LogP contribution < -0.4 is 0 Å². The molecule has 1 rings (SSSR count). The van der Waals surface area contributed by atoms with Crippen LogP contribution in [0.4, 0.5) is 0 Å². The summed E-state index contributed by atoms with van der Waals surface area (Å²) in [5.74, 6) is -0.887. The Kier molecular flexibility index (Phi) is 3.70. The van der Waals surface area contributed by atoms with Crippen LogP contribution in [0.2, 0.25) is 0 Å². The molecular formula is C11H16O5. The third-order valence-electron chi connectivity index (χ3n) is 2.42. The number of hydrogen-bond donors (Lipinski definition) is 0. The van der Waals surface area contributed by atoms with E-state index in [1.54, 1.807) is 13.8 Å². The average Bonchev–Trinajstić information content (AvgIpc) is 2.89. The van der Waals surface area contributed by atoms with E-state index in [0.717, 1.165) is 0 Å². The summed E-state index contributed by atoms with van der Waals surface area (Å²) in [5, 5.41) is 0. The molecule has 5 nitrogen and oxygen atoms in total. The van der Waals surface area contributed by atoms with Crippen LogP contribution in [0.3, 0.4) is 0 Å². The minimum atomic E-state index is -0.683. The fraction of sp³-hybridized carbons (Fsp3) is 0.636. The molecule has 0 unspecified atom stereocenters. The summed E-state index contributed by atoms with van der Waals surface area (Å²) in [6.07, 6.45) is -0.336. The second-order valence-corrected chi connectivity index (χ2v) is 3.83. The van der Waals surface area contributed by atoms with Crippen LogP contribution in [0.25, 0.3) is 0 Å². The lowest BCUT2D eigenvalue weighted by Crippen LogP contribution is -2.22. The van der Waals surface area contributed by atoms with Crippen molar-refractivity contribution in [3.05, 3.63) is 12.2 Å². The standard InChI is InChI=1S/C11H16O5/c1-5-15-10(13)8-11(3,16-8)6-7(2)9(12)14-4/h8H,2,5-6H2,1,3-4H3/t8-,11-/m1/s1. The zero-order valence-electron chi connectivity index (χ0n) is 9.74. The van der Waals surface area contributed by atoms with Crippen molar-refractivity contribution in [3.63, 3.8) is 0 Å². The summed E-state index contributed by atoms with van der Waals surface area (Å²) in [6.45, 7) is 7.36. The average molecular weight is 228 g/mol. The molecule has 1 aliphatic rings. The lowest BCUT2D eigenvalue weighted by molar-refractivity contribution is -0.144. The second kappa shape index (κ2) is 4.65. The van der Waals surface area contributed by atoms with Gasteiger partial charge >= 0.3 is 11.9 Å². The predicted molar refractivity (Wildman–Crippen MR) is 55.7 cm³/mol. The van der Waals surface area contributed by atoms with Crippen molar-refractivity contribution in [2.75, 3.05) is 13.7 Å². The lowest BCUT2D eigenvalue weighted by Gasteiger charge is -2.07. The van der Waals surface area contributed by atoms with Gasteiger partial charge in [0, 0.05) is 12.0 Å². The maximum absolute atomic E-state index is 11.3. The van der Waals surface area contributed by atoms with Gasteiger partial charge in [0.25, 0.3) is 0 Å². The quantitative estimate of drug-likeness (QED) is 0.396. The smallest absolute Gasteiger partial charge is 0.338 e. The first-order chi connectivity index (χ1) is 7.44. The molecular weight excluding hydrogens is 212 g/mol. The van der Waals surface area contributed by atoms with Crippen LogP contribution >= 0.6 is 0 Å². The number of esters is 2. The molecule has 90 valence electrons. The van der Waals surface area contributed by atoms with E-state index >= 15 is 0 Å². The maximum atomic E-state index is 11.3. The van der Waals surface area contributed by atoms with Gasteiger partial charge in [-0.1, -0.05) is 6.58 Å². The Balaban J connectivity index is 2.48. The first-order valence-electron chi connectivity index (χ1n) is 5.05. The molecule has 0 aromatic heterocycles. The van der Waals surface area contributed by atoms with Gasteiger partial charge in [0.05, 0.1) is 13.7 Å². The topological polar surface area (TPSA) is 65.1 Å². The van der Waals surface area contributed by atoms with Crippen molar-refractivity contribution < 1.29 is 23.8 Å².